The molecule has 1 aliphatic heterocycles. The molecule has 1 aliphatic carbocycles. The number of thiazole rings is 1. The lowest BCUT2D eigenvalue weighted by Gasteiger charge is -2.38. The minimum atomic E-state index is -0.442. The number of nitrogens with zero attached hydrogens (tertiary/aromatic N) is 6. The molecule has 0 unspecified atom stereocenters. The molecule has 1 aromatic carbocycles. The Morgan fingerprint density at radius 1 is 1.11 bits per heavy atom. The molecule has 4 aromatic rings. The average Bonchev–Trinajstić information content (AvgIpc) is 3.26. The van der Waals surface area contributed by atoms with Crippen LogP contribution in [0.1, 0.15) is 37.6 Å². The van der Waals surface area contributed by atoms with Crippen LogP contribution in [-0.2, 0) is 5.41 Å². The number of piperidine rings is 1. The summed E-state index contributed by atoms with van der Waals surface area (Å²) in [4.78, 5) is 20.5. The zero-order valence-electron chi connectivity index (χ0n) is 19.9. The Bertz CT molecular complexity index is 1410. The highest BCUT2D eigenvalue weighted by molar-refractivity contribution is 7.10. The van der Waals surface area contributed by atoms with Crippen LogP contribution in [-0.4, -0.2) is 38.6 Å². The second kappa shape index (κ2) is 8.69. The van der Waals surface area contributed by atoms with E-state index in [0.29, 0.717) is 28.7 Å². The predicted molar refractivity (Wildman–Crippen MR) is 139 cm³/mol. The molecule has 0 amide bonds. The highest BCUT2D eigenvalue weighted by Gasteiger charge is 2.47. The molecule has 3 aromatic heterocycles. The van der Waals surface area contributed by atoms with E-state index in [2.05, 4.69) is 45.3 Å². The molecule has 0 spiro atoms. The predicted octanol–water partition coefficient (Wildman–Crippen LogP) is 4.87. The Morgan fingerprint density at radius 3 is 2.56 bits per heavy atom. The Kier molecular flexibility index (Phi) is 5.47. The fourth-order valence-corrected chi connectivity index (χ4v) is 5.44. The highest BCUT2D eigenvalue weighted by atomic mass is 32.1. The average molecular weight is 499 g/mol. The van der Waals surface area contributed by atoms with Crippen molar-refractivity contribution in [3.05, 3.63) is 53.4 Å². The van der Waals surface area contributed by atoms with E-state index in [9.17, 15) is 5.26 Å². The number of rotatable bonds is 6. The Hall–Kier alpha value is -3.81. The number of anilines is 3. The van der Waals surface area contributed by atoms with Crippen LogP contribution in [0.4, 0.5) is 17.3 Å². The van der Waals surface area contributed by atoms with Crippen molar-refractivity contribution < 1.29 is 4.42 Å². The van der Waals surface area contributed by atoms with Crippen LogP contribution < -0.4 is 16.0 Å². The van der Waals surface area contributed by atoms with E-state index in [1.54, 1.807) is 12.4 Å². The number of hydrogen-bond donors (Lipinski definition) is 2. The Morgan fingerprint density at radius 2 is 1.89 bits per heavy atom. The second-order valence-corrected chi connectivity index (χ2v) is 10.7. The van der Waals surface area contributed by atoms with Crippen LogP contribution in [0.3, 0.4) is 0 Å². The van der Waals surface area contributed by atoms with Gasteiger partial charge in [0.2, 0.25) is 5.95 Å². The third-order valence-electron chi connectivity index (χ3n) is 7.00. The van der Waals surface area contributed by atoms with E-state index in [1.807, 2.05) is 17.5 Å². The number of nitrogens with one attached hydrogen (secondary N) is 1. The molecule has 1 saturated carbocycles. The summed E-state index contributed by atoms with van der Waals surface area (Å²) in [5.74, 6) is 1.01. The number of nitriles is 1. The minimum absolute atomic E-state index is 0.0726. The molecule has 36 heavy (non-hydrogen) atoms. The molecule has 10 heteroatoms. The zero-order chi connectivity index (χ0) is 24.8. The number of nitrogens with two attached hydrogens (primary N) is 1. The van der Waals surface area contributed by atoms with Crippen molar-refractivity contribution in [3.8, 4) is 28.8 Å². The maximum absolute atomic E-state index is 9.58. The first-order chi connectivity index (χ1) is 17.4. The maximum atomic E-state index is 9.58. The lowest BCUT2D eigenvalue weighted by atomic mass is 9.91. The fraction of sp³-hybridized carbons (Fsp3) is 0.346. The van der Waals surface area contributed by atoms with Crippen LogP contribution >= 0.6 is 11.3 Å². The van der Waals surface area contributed by atoms with Gasteiger partial charge in [-0.1, -0.05) is 0 Å². The van der Waals surface area contributed by atoms with Gasteiger partial charge in [0.1, 0.15) is 21.8 Å². The van der Waals surface area contributed by atoms with Gasteiger partial charge in [-0.3, -0.25) is 0 Å². The van der Waals surface area contributed by atoms with Crippen LogP contribution in [0, 0.1) is 11.3 Å². The van der Waals surface area contributed by atoms with Gasteiger partial charge in [-0.25, -0.2) is 19.9 Å². The van der Waals surface area contributed by atoms with E-state index in [-0.39, 0.29) is 5.54 Å². The van der Waals surface area contributed by atoms with Gasteiger partial charge in [-0.15, -0.1) is 11.3 Å². The molecule has 4 heterocycles. The van der Waals surface area contributed by atoms with Crippen LogP contribution in [0.15, 0.2) is 52.9 Å². The molecule has 0 radical (unpaired) electrons. The standard InChI is InChI=1S/C26H26N8OS/c1-25(28)8-10-34(11-9-25)18-4-2-17(3-5-18)31-24-30-12-19(21-13-29-16-35-21)22(33-24)20-14-36-23(32-20)26(15-27)6-7-26/h2-5,12-14,16H,6-11,28H2,1H3,(H,30,31,33). The lowest BCUT2D eigenvalue weighted by Crippen LogP contribution is -2.48. The van der Waals surface area contributed by atoms with Crippen molar-refractivity contribution in [2.24, 2.45) is 5.73 Å². The van der Waals surface area contributed by atoms with Gasteiger partial charge in [0, 0.05) is 41.6 Å². The summed E-state index contributed by atoms with van der Waals surface area (Å²) in [7, 11) is 0. The number of aromatic nitrogens is 4. The molecule has 9 nitrogen and oxygen atoms in total. The third kappa shape index (κ3) is 4.32. The molecular formula is C26H26N8OS. The normalized spacial score (nSPS) is 18.0. The highest BCUT2D eigenvalue weighted by Crippen LogP contribution is 2.49. The maximum Gasteiger partial charge on any atom is 0.227 e. The van der Waals surface area contributed by atoms with Gasteiger partial charge in [0.05, 0.1) is 17.8 Å². The zero-order valence-corrected chi connectivity index (χ0v) is 20.8. The number of hydrogen-bond acceptors (Lipinski definition) is 10. The quantitative estimate of drug-likeness (QED) is 0.382. The Labute approximate surface area is 213 Å². The SMILES string of the molecule is CC1(N)CCN(c2ccc(Nc3ncc(-c4cnco4)c(-c4csc(C5(C#N)CC5)n4)n3)cc2)CC1. The molecule has 2 aliphatic rings. The van der Waals surface area contributed by atoms with Gasteiger partial charge in [0.15, 0.2) is 12.2 Å². The molecular weight excluding hydrogens is 472 g/mol. The van der Waals surface area contributed by atoms with Crippen molar-refractivity contribution in [3.63, 3.8) is 0 Å². The van der Waals surface area contributed by atoms with Gasteiger partial charge in [-0.05, 0) is 56.9 Å². The number of benzene rings is 1. The first kappa shape index (κ1) is 22.6. The van der Waals surface area contributed by atoms with Gasteiger partial charge in [0.25, 0.3) is 0 Å². The van der Waals surface area contributed by atoms with Gasteiger partial charge in [-0.2, -0.15) is 5.26 Å². The summed E-state index contributed by atoms with van der Waals surface area (Å²) in [5, 5.41) is 15.7. The first-order valence-electron chi connectivity index (χ1n) is 12.0. The topological polar surface area (TPSA) is 130 Å². The Balaban J connectivity index is 1.26. The summed E-state index contributed by atoms with van der Waals surface area (Å²) < 4.78 is 5.53. The van der Waals surface area contributed by atoms with Gasteiger partial charge < -0.3 is 20.4 Å². The van der Waals surface area contributed by atoms with Crippen LogP contribution in [0.5, 0.6) is 0 Å². The summed E-state index contributed by atoms with van der Waals surface area (Å²) in [6.07, 6.45) is 8.39. The molecule has 3 N–H and O–H groups in total. The van der Waals surface area contributed by atoms with E-state index < -0.39 is 5.41 Å². The number of oxazole rings is 1. The van der Waals surface area contributed by atoms with Crippen molar-refractivity contribution in [2.75, 3.05) is 23.3 Å². The van der Waals surface area contributed by atoms with Crippen molar-refractivity contribution in [1.29, 1.82) is 5.26 Å². The van der Waals surface area contributed by atoms with E-state index in [1.165, 1.54) is 23.4 Å². The van der Waals surface area contributed by atoms with Gasteiger partial charge >= 0.3 is 0 Å². The fourth-order valence-electron chi connectivity index (χ4n) is 4.43. The van der Waals surface area contributed by atoms with E-state index in [4.69, 9.17) is 20.1 Å². The molecule has 6 rings (SSSR count). The summed E-state index contributed by atoms with van der Waals surface area (Å²) in [5.41, 5.74) is 9.86. The largest absolute Gasteiger partial charge is 0.443 e. The molecule has 0 atom stereocenters. The summed E-state index contributed by atoms with van der Waals surface area (Å²) in [6, 6.07) is 10.7. The molecule has 2 fully saturated rings. The monoisotopic (exact) mass is 498 g/mol. The first-order valence-corrected chi connectivity index (χ1v) is 12.9. The van der Waals surface area contributed by atoms with Crippen molar-refractivity contribution in [1.82, 2.24) is 19.9 Å². The molecule has 0 bridgehead atoms. The van der Waals surface area contributed by atoms with Crippen molar-refractivity contribution in [2.45, 2.75) is 43.6 Å². The van der Waals surface area contributed by atoms with Crippen LogP contribution in [0.2, 0.25) is 0 Å². The smallest absolute Gasteiger partial charge is 0.227 e. The molecule has 182 valence electrons. The second-order valence-electron chi connectivity index (χ2n) is 9.87. The van der Waals surface area contributed by atoms with Crippen LogP contribution in [0.25, 0.3) is 22.7 Å². The summed E-state index contributed by atoms with van der Waals surface area (Å²) in [6.45, 7) is 4.04. The minimum Gasteiger partial charge on any atom is -0.443 e. The summed E-state index contributed by atoms with van der Waals surface area (Å²) >= 11 is 1.50. The molecule has 1 saturated heterocycles. The third-order valence-corrected chi connectivity index (χ3v) is 8.05. The van der Waals surface area contributed by atoms with E-state index in [0.717, 1.165) is 49.5 Å². The van der Waals surface area contributed by atoms with Crippen molar-refractivity contribution >= 4 is 28.7 Å². The van der Waals surface area contributed by atoms with E-state index >= 15 is 0 Å². The lowest BCUT2D eigenvalue weighted by molar-refractivity contribution is 0.364.